The normalized spacial score (nSPS) is 10.1. The number of benzene rings is 2. The van der Waals surface area contributed by atoms with E-state index >= 15 is 0 Å². The van der Waals surface area contributed by atoms with Crippen molar-refractivity contribution >= 4 is 25.7 Å². The summed E-state index contributed by atoms with van der Waals surface area (Å²) < 4.78 is 6.25. The molecule has 0 unspecified atom stereocenters. The molecule has 0 fully saturated rings. The first-order valence-electron chi connectivity index (χ1n) is 5.63. The number of carbonyl (C=O) groups excluding carboxylic acids is 1. The molecular formula is C15H14O2Se. The Balaban J connectivity index is 2.12. The Morgan fingerprint density at radius 2 is 1.94 bits per heavy atom. The van der Waals surface area contributed by atoms with Crippen LogP contribution in [0.1, 0.15) is 15.9 Å². The molecule has 0 spiro atoms. The zero-order valence-electron chi connectivity index (χ0n) is 10.1. The molecule has 0 saturated heterocycles. The van der Waals surface area contributed by atoms with Gasteiger partial charge >= 0.3 is 113 Å². The number of carbonyl (C=O) groups is 1. The summed E-state index contributed by atoms with van der Waals surface area (Å²) in [6.07, 6.45) is 0.907. The average molecular weight is 305 g/mol. The van der Waals surface area contributed by atoms with Gasteiger partial charge in [-0.25, -0.2) is 0 Å². The zero-order chi connectivity index (χ0) is 12.8. The Kier molecular flexibility index (Phi) is 4.57. The van der Waals surface area contributed by atoms with Crippen molar-refractivity contribution in [2.24, 2.45) is 0 Å². The molecule has 0 aliphatic rings. The van der Waals surface area contributed by atoms with Crippen molar-refractivity contribution in [1.82, 2.24) is 0 Å². The number of ether oxygens (including phenoxy) is 1. The molecule has 0 bridgehead atoms. The van der Waals surface area contributed by atoms with Crippen LogP contribution < -0.4 is 9.20 Å². The summed E-state index contributed by atoms with van der Waals surface area (Å²) in [6, 6.07) is 16.0. The first-order chi connectivity index (χ1) is 8.83. The summed E-state index contributed by atoms with van der Waals surface area (Å²) >= 11 is 0.268. The molecular weight excluding hydrogens is 291 g/mol. The number of hydrogen-bond acceptors (Lipinski definition) is 2. The van der Waals surface area contributed by atoms with Crippen molar-refractivity contribution in [2.75, 3.05) is 7.11 Å². The van der Waals surface area contributed by atoms with Crippen molar-refractivity contribution in [2.45, 2.75) is 5.32 Å². The molecule has 0 radical (unpaired) electrons. The molecule has 0 atom stereocenters. The second-order valence-electron chi connectivity index (χ2n) is 3.80. The molecule has 18 heavy (non-hydrogen) atoms. The zero-order valence-corrected chi connectivity index (χ0v) is 11.8. The molecule has 92 valence electrons. The minimum atomic E-state index is 0.268. The van der Waals surface area contributed by atoms with E-state index in [0.29, 0.717) is 0 Å². The van der Waals surface area contributed by atoms with Gasteiger partial charge in [-0.05, 0) is 0 Å². The first kappa shape index (κ1) is 12.9. The molecule has 0 saturated carbocycles. The minimum absolute atomic E-state index is 0.268. The van der Waals surface area contributed by atoms with Gasteiger partial charge < -0.3 is 0 Å². The van der Waals surface area contributed by atoms with Crippen LogP contribution in [0.3, 0.4) is 0 Å². The van der Waals surface area contributed by atoms with Crippen LogP contribution in [0.15, 0.2) is 48.5 Å². The van der Waals surface area contributed by atoms with E-state index in [4.69, 9.17) is 4.74 Å². The summed E-state index contributed by atoms with van der Waals surface area (Å²) in [5.41, 5.74) is 2.05. The van der Waals surface area contributed by atoms with Gasteiger partial charge in [-0.2, -0.15) is 0 Å². The molecule has 3 heteroatoms. The van der Waals surface area contributed by atoms with Gasteiger partial charge in [0.15, 0.2) is 0 Å². The number of rotatable bonds is 5. The van der Waals surface area contributed by atoms with Gasteiger partial charge in [0.25, 0.3) is 0 Å². The van der Waals surface area contributed by atoms with E-state index in [0.717, 1.165) is 27.4 Å². The fourth-order valence-corrected chi connectivity index (χ4v) is 3.61. The van der Waals surface area contributed by atoms with Crippen molar-refractivity contribution in [3.8, 4) is 5.75 Å². The third-order valence-electron chi connectivity index (χ3n) is 2.58. The quantitative estimate of drug-likeness (QED) is 0.624. The van der Waals surface area contributed by atoms with Crippen LogP contribution in [0.4, 0.5) is 0 Å². The van der Waals surface area contributed by atoms with Crippen molar-refractivity contribution < 1.29 is 9.53 Å². The Labute approximate surface area is 113 Å². The van der Waals surface area contributed by atoms with E-state index in [2.05, 4.69) is 12.1 Å². The molecule has 2 rings (SSSR count). The third kappa shape index (κ3) is 3.22. The summed E-state index contributed by atoms with van der Waals surface area (Å²) in [5, 5.41) is 1.00. The molecule has 2 nitrogen and oxygen atoms in total. The second-order valence-corrected chi connectivity index (χ2v) is 5.93. The number of methoxy groups -OCH3 is 1. The van der Waals surface area contributed by atoms with Gasteiger partial charge in [-0.15, -0.1) is 0 Å². The van der Waals surface area contributed by atoms with E-state index in [-0.39, 0.29) is 15.0 Å². The SMILES string of the molecule is COc1ccc([Se]Cc2ccccc2)c(C=O)c1. The standard InChI is InChI=1S/C15H14O2Se/c1-17-14-7-8-15(13(9-14)10-16)18-11-12-5-3-2-4-6-12/h2-10H,11H2,1H3. The maximum absolute atomic E-state index is 11.1. The number of hydrogen-bond donors (Lipinski definition) is 0. The maximum atomic E-state index is 11.1. The van der Waals surface area contributed by atoms with Crippen molar-refractivity contribution in [1.29, 1.82) is 0 Å². The molecule has 2 aromatic carbocycles. The summed E-state index contributed by atoms with van der Waals surface area (Å²) in [5.74, 6) is 0.733. The van der Waals surface area contributed by atoms with Crippen LogP contribution >= 0.6 is 0 Å². The van der Waals surface area contributed by atoms with Crippen LogP contribution in [0.5, 0.6) is 5.75 Å². The second kappa shape index (κ2) is 6.39. The predicted molar refractivity (Wildman–Crippen MR) is 73.9 cm³/mol. The van der Waals surface area contributed by atoms with Gasteiger partial charge in [-0.1, -0.05) is 0 Å². The van der Waals surface area contributed by atoms with Crippen LogP contribution in [0.2, 0.25) is 0 Å². The van der Waals surface area contributed by atoms with Crippen molar-refractivity contribution in [3.05, 3.63) is 59.7 Å². The Hall–Kier alpha value is -1.57. The van der Waals surface area contributed by atoms with E-state index in [1.54, 1.807) is 13.2 Å². The molecule has 0 N–H and O–H groups in total. The van der Waals surface area contributed by atoms with E-state index in [1.165, 1.54) is 5.56 Å². The molecule has 0 heterocycles. The Bertz CT molecular complexity index is 523. The monoisotopic (exact) mass is 306 g/mol. The summed E-state index contributed by atoms with van der Waals surface area (Å²) in [6.45, 7) is 0. The van der Waals surface area contributed by atoms with Crippen LogP contribution in [0, 0.1) is 0 Å². The van der Waals surface area contributed by atoms with Gasteiger partial charge in [0, 0.05) is 0 Å². The summed E-state index contributed by atoms with van der Waals surface area (Å²) in [7, 11) is 1.61. The van der Waals surface area contributed by atoms with E-state index in [9.17, 15) is 4.79 Å². The molecule has 0 amide bonds. The Morgan fingerprint density at radius 3 is 2.61 bits per heavy atom. The van der Waals surface area contributed by atoms with Gasteiger partial charge in [0.2, 0.25) is 0 Å². The third-order valence-corrected chi connectivity index (χ3v) is 5.02. The fraction of sp³-hybridized carbons (Fsp3) is 0.133. The molecule has 0 aliphatic heterocycles. The summed E-state index contributed by atoms with van der Waals surface area (Å²) in [4.78, 5) is 11.1. The van der Waals surface area contributed by atoms with Crippen LogP contribution in [-0.4, -0.2) is 28.4 Å². The van der Waals surface area contributed by atoms with Gasteiger partial charge in [-0.3, -0.25) is 0 Å². The van der Waals surface area contributed by atoms with Crippen LogP contribution in [0.25, 0.3) is 0 Å². The van der Waals surface area contributed by atoms with Crippen LogP contribution in [-0.2, 0) is 5.32 Å². The fourth-order valence-electron chi connectivity index (χ4n) is 1.61. The average Bonchev–Trinajstić information content (AvgIpc) is 2.46. The first-order valence-corrected chi connectivity index (χ1v) is 7.70. The van der Waals surface area contributed by atoms with Gasteiger partial charge in [0.05, 0.1) is 0 Å². The predicted octanol–water partition coefficient (Wildman–Crippen LogP) is 2.04. The topological polar surface area (TPSA) is 26.3 Å². The van der Waals surface area contributed by atoms with E-state index in [1.807, 2.05) is 30.3 Å². The van der Waals surface area contributed by atoms with Gasteiger partial charge in [0.1, 0.15) is 0 Å². The Morgan fingerprint density at radius 1 is 1.17 bits per heavy atom. The molecule has 0 aromatic heterocycles. The number of aldehydes is 1. The van der Waals surface area contributed by atoms with E-state index < -0.39 is 0 Å². The van der Waals surface area contributed by atoms with Crippen molar-refractivity contribution in [3.63, 3.8) is 0 Å². The molecule has 0 aliphatic carbocycles. The molecule has 2 aromatic rings.